The Morgan fingerprint density at radius 3 is 2.53 bits per heavy atom. The fourth-order valence-electron chi connectivity index (χ4n) is 4.58. The van der Waals surface area contributed by atoms with Crippen LogP contribution in [0.2, 0.25) is 0 Å². The van der Waals surface area contributed by atoms with E-state index in [1.54, 1.807) is 4.68 Å². The Labute approximate surface area is 187 Å². The van der Waals surface area contributed by atoms with E-state index < -0.39 is 0 Å². The molecule has 5 rings (SSSR count). The molecule has 0 unspecified atom stereocenters. The molecule has 0 spiro atoms. The second-order valence-electron chi connectivity index (χ2n) is 8.33. The highest BCUT2D eigenvalue weighted by molar-refractivity contribution is 6.07. The molecule has 6 heteroatoms. The summed E-state index contributed by atoms with van der Waals surface area (Å²) in [4.78, 5) is 20.6. The lowest BCUT2D eigenvalue weighted by atomic mass is 10.0. The quantitative estimate of drug-likeness (QED) is 0.512. The van der Waals surface area contributed by atoms with Gasteiger partial charge in [-0.1, -0.05) is 48.5 Å². The Balaban J connectivity index is 1.49. The van der Waals surface area contributed by atoms with Gasteiger partial charge in [-0.25, -0.2) is 4.98 Å². The van der Waals surface area contributed by atoms with Crippen LogP contribution in [0.15, 0.2) is 60.7 Å². The van der Waals surface area contributed by atoms with Gasteiger partial charge < -0.3 is 10.2 Å². The van der Waals surface area contributed by atoms with Crippen molar-refractivity contribution in [2.75, 3.05) is 18.0 Å². The zero-order valence-electron chi connectivity index (χ0n) is 18.5. The molecule has 1 N–H and O–H groups in total. The summed E-state index contributed by atoms with van der Waals surface area (Å²) in [5, 5.41) is 8.48. The summed E-state index contributed by atoms with van der Waals surface area (Å²) < 4.78 is 1.75. The van der Waals surface area contributed by atoms with E-state index in [-0.39, 0.29) is 5.91 Å². The molecule has 2 aromatic heterocycles. The lowest BCUT2D eigenvalue weighted by molar-refractivity contribution is 0.0952. The van der Waals surface area contributed by atoms with Crippen LogP contribution in [0.25, 0.3) is 22.3 Å². The van der Waals surface area contributed by atoms with Crippen LogP contribution >= 0.6 is 0 Å². The summed E-state index contributed by atoms with van der Waals surface area (Å²) in [6.45, 7) is 4.55. The van der Waals surface area contributed by atoms with Crippen molar-refractivity contribution in [3.05, 3.63) is 77.5 Å². The second-order valence-corrected chi connectivity index (χ2v) is 8.33. The standard InChI is InChI=1S/C26H27N5O/c1-18-24-21(16-22(19-10-4-3-5-11-19)28-25(24)30(2)29-18)26(32)27-17-20-12-6-7-13-23(20)31-14-8-9-15-31/h3-7,10-13,16H,8-9,14-15,17H2,1-2H3,(H,27,32). The molecular weight excluding hydrogens is 398 g/mol. The Bertz CT molecular complexity index is 1270. The molecule has 0 saturated carbocycles. The second kappa shape index (κ2) is 8.46. The normalized spacial score (nSPS) is 13.6. The lowest BCUT2D eigenvalue weighted by Gasteiger charge is -2.21. The van der Waals surface area contributed by atoms with Crippen molar-refractivity contribution in [3.63, 3.8) is 0 Å². The smallest absolute Gasteiger partial charge is 0.252 e. The predicted octanol–water partition coefficient (Wildman–Crippen LogP) is 4.47. The predicted molar refractivity (Wildman–Crippen MR) is 128 cm³/mol. The number of aryl methyl sites for hydroxylation is 2. The van der Waals surface area contributed by atoms with Gasteiger partial charge in [0.25, 0.3) is 5.91 Å². The monoisotopic (exact) mass is 425 g/mol. The number of rotatable bonds is 5. The van der Waals surface area contributed by atoms with Gasteiger partial charge in [-0.2, -0.15) is 5.10 Å². The van der Waals surface area contributed by atoms with E-state index in [4.69, 9.17) is 4.98 Å². The molecule has 1 aliphatic rings. The van der Waals surface area contributed by atoms with Crippen LogP contribution in [0.3, 0.4) is 0 Å². The Morgan fingerprint density at radius 1 is 1.03 bits per heavy atom. The number of fused-ring (bicyclic) bond motifs is 1. The molecular formula is C26H27N5O. The van der Waals surface area contributed by atoms with Gasteiger partial charge in [-0.15, -0.1) is 0 Å². The zero-order valence-corrected chi connectivity index (χ0v) is 18.5. The molecule has 162 valence electrons. The number of carbonyl (C=O) groups excluding carboxylic acids is 1. The van der Waals surface area contributed by atoms with Crippen molar-refractivity contribution in [1.82, 2.24) is 20.1 Å². The number of amides is 1. The number of hydrogen-bond donors (Lipinski definition) is 1. The van der Waals surface area contributed by atoms with Gasteiger partial charge in [0.15, 0.2) is 5.65 Å². The summed E-state index contributed by atoms with van der Waals surface area (Å²) in [5.74, 6) is -0.109. The Morgan fingerprint density at radius 2 is 1.75 bits per heavy atom. The molecule has 0 aliphatic carbocycles. The number of aromatic nitrogens is 3. The van der Waals surface area contributed by atoms with Crippen LogP contribution in [-0.2, 0) is 13.6 Å². The first kappa shape index (κ1) is 20.2. The average Bonchev–Trinajstić information content (AvgIpc) is 3.46. The molecule has 2 aromatic carbocycles. The van der Waals surface area contributed by atoms with E-state index in [0.29, 0.717) is 17.8 Å². The maximum Gasteiger partial charge on any atom is 0.252 e. The minimum atomic E-state index is -0.109. The van der Waals surface area contributed by atoms with Crippen LogP contribution < -0.4 is 10.2 Å². The first-order valence-corrected chi connectivity index (χ1v) is 11.1. The number of nitrogens with one attached hydrogen (secondary N) is 1. The number of pyridine rings is 1. The third-order valence-electron chi connectivity index (χ3n) is 6.16. The number of para-hydroxylation sites is 1. The van der Waals surface area contributed by atoms with E-state index >= 15 is 0 Å². The molecule has 6 nitrogen and oxygen atoms in total. The van der Waals surface area contributed by atoms with Gasteiger partial charge in [-0.05, 0) is 37.5 Å². The summed E-state index contributed by atoms with van der Waals surface area (Å²) in [6, 6.07) is 20.2. The van der Waals surface area contributed by atoms with Crippen LogP contribution in [0.1, 0.15) is 34.5 Å². The molecule has 1 saturated heterocycles. The van der Waals surface area contributed by atoms with E-state index in [0.717, 1.165) is 41.0 Å². The van der Waals surface area contributed by atoms with Gasteiger partial charge in [0, 0.05) is 37.9 Å². The molecule has 0 bridgehead atoms. The molecule has 1 fully saturated rings. The van der Waals surface area contributed by atoms with Gasteiger partial charge in [-0.3, -0.25) is 9.48 Å². The first-order chi connectivity index (χ1) is 15.6. The fourth-order valence-corrected chi connectivity index (χ4v) is 4.58. The zero-order chi connectivity index (χ0) is 22.1. The average molecular weight is 426 g/mol. The number of carbonyl (C=O) groups is 1. The summed E-state index contributed by atoms with van der Waals surface area (Å²) in [7, 11) is 1.87. The first-order valence-electron chi connectivity index (χ1n) is 11.1. The molecule has 1 aliphatic heterocycles. The van der Waals surface area contributed by atoms with Crippen LogP contribution in [0, 0.1) is 6.92 Å². The van der Waals surface area contributed by atoms with Crippen molar-refractivity contribution in [2.24, 2.45) is 7.05 Å². The van der Waals surface area contributed by atoms with Crippen LogP contribution in [0.4, 0.5) is 5.69 Å². The lowest BCUT2D eigenvalue weighted by Crippen LogP contribution is -2.26. The van der Waals surface area contributed by atoms with Gasteiger partial charge >= 0.3 is 0 Å². The maximum absolute atomic E-state index is 13.4. The number of benzene rings is 2. The van der Waals surface area contributed by atoms with E-state index in [2.05, 4.69) is 33.5 Å². The number of anilines is 1. The Kier molecular flexibility index (Phi) is 5.35. The molecule has 3 heterocycles. The van der Waals surface area contributed by atoms with Crippen molar-refractivity contribution >= 4 is 22.6 Å². The Hall–Kier alpha value is -3.67. The van der Waals surface area contributed by atoms with E-state index in [9.17, 15) is 4.79 Å². The molecule has 0 radical (unpaired) electrons. The maximum atomic E-state index is 13.4. The SMILES string of the molecule is Cc1nn(C)c2nc(-c3ccccc3)cc(C(=O)NCc3ccccc3N3CCCC3)c12. The van der Waals surface area contributed by atoms with E-state index in [1.807, 2.05) is 56.4 Å². The minimum absolute atomic E-state index is 0.109. The van der Waals surface area contributed by atoms with Crippen LogP contribution in [-0.4, -0.2) is 33.8 Å². The van der Waals surface area contributed by atoms with Gasteiger partial charge in [0.05, 0.1) is 22.3 Å². The van der Waals surface area contributed by atoms with Gasteiger partial charge in [0.2, 0.25) is 0 Å². The highest BCUT2D eigenvalue weighted by Gasteiger charge is 2.20. The van der Waals surface area contributed by atoms with Crippen molar-refractivity contribution in [3.8, 4) is 11.3 Å². The summed E-state index contributed by atoms with van der Waals surface area (Å²) in [6.07, 6.45) is 2.44. The van der Waals surface area contributed by atoms with Crippen molar-refractivity contribution in [1.29, 1.82) is 0 Å². The topological polar surface area (TPSA) is 63.1 Å². The molecule has 4 aromatic rings. The largest absolute Gasteiger partial charge is 0.371 e. The number of hydrogen-bond acceptors (Lipinski definition) is 4. The molecule has 0 atom stereocenters. The van der Waals surface area contributed by atoms with Crippen LogP contribution in [0.5, 0.6) is 0 Å². The molecule has 32 heavy (non-hydrogen) atoms. The molecule has 1 amide bonds. The third-order valence-corrected chi connectivity index (χ3v) is 6.16. The fraction of sp³-hybridized carbons (Fsp3) is 0.269. The summed E-state index contributed by atoms with van der Waals surface area (Å²) in [5.41, 5.74) is 6.22. The minimum Gasteiger partial charge on any atom is -0.371 e. The third kappa shape index (κ3) is 3.73. The van der Waals surface area contributed by atoms with Crippen molar-refractivity contribution in [2.45, 2.75) is 26.3 Å². The van der Waals surface area contributed by atoms with E-state index in [1.165, 1.54) is 18.5 Å². The van der Waals surface area contributed by atoms with Crippen molar-refractivity contribution < 1.29 is 4.79 Å². The summed E-state index contributed by atoms with van der Waals surface area (Å²) >= 11 is 0. The highest BCUT2D eigenvalue weighted by Crippen LogP contribution is 2.28. The van der Waals surface area contributed by atoms with Gasteiger partial charge in [0.1, 0.15) is 0 Å². The highest BCUT2D eigenvalue weighted by atomic mass is 16.1. The number of nitrogens with zero attached hydrogens (tertiary/aromatic N) is 4.